The second kappa shape index (κ2) is 6.07. The molecule has 2 N–H and O–H groups in total. The van der Waals surface area contributed by atoms with Crippen LogP contribution in [0.25, 0.3) is 0 Å². The molecule has 0 saturated heterocycles. The van der Waals surface area contributed by atoms with Crippen molar-refractivity contribution in [2.75, 3.05) is 5.43 Å². The van der Waals surface area contributed by atoms with Crippen molar-refractivity contribution in [3.05, 3.63) is 63.6 Å². The fourth-order valence-electron chi connectivity index (χ4n) is 1.48. The molecule has 2 aromatic rings. The normalized spacial score (nSPS) is 10.2. The van der Waals surface area contributed by atoms with Gasteiger partial charge >= 0.3 is 0 Å². The number of carbonyl (C=O) groups excluding carboxylic acids is 1. The molecule has 0 unspecified atom stereocenters. The molecule has 0 bridgehead atoms. The number of hydrogen-bond donors (Lipinski definition) is 2. The zero-order chi connectivity index (χ0) is 14.7. The van der Waals surface area contributed by atoms with Crippen LogP contribution in [0.4, 0.5) is 14.5 Å². The predicted octanol–water partition coefficient (Wildman–Crippen LogP) is 4.03. The lowest BCUT2D eigenvalue weighted by molar-refractivity contribution is 0.0958. The first kappa shape index (κ1) is 14.6. The minimum Gasteiger partial charge on any atom is -0.295 e. The van der Waals surface area contributed by atoms with Gasteiger partial charge in [-0.1, -0.05) is 29.3 Å². The van der Waals surface area contributed by atoms with E-state index in [-0.39, 0.29) is 21.3 Å². The second-order valence-corrected chi connectivity index (χ2v) is 4.61. The van der Waals surface area contributed by atoms with Crippen LogP contribution in [0.5, 0.6) is 0 Å². The summed E-state index contributed by atoms with van der Waals surface area (Å²) in [6, 6.07) is 7.42. The van der Waals surface area contributed by atoms with E-state index in [2.05, 4.69) is 10.9 Å². The molecule has 0 radical (unpaired) electrons. The van der Waals surface area contributed by atoms with Crippen molar-refractivity contribution in [3.8, 4) is 0 Å². The number of nitrogens with one attached hydrogen (secondary N) is 2. The maximum absolute atomic E-state index is 13.4. The minimum absolute atomic E-state index is 0.284. The van der Waals surface area contributed by atoms with Gasteiger partial charge in [0.1, 0.15) is 11.6 Å². The molecular weight excluding hydrogens is 309 g/mol. The molecule has 2 aromatic carbocycles. The van der Waals surface area contributed by atoms with Gasteiger partial charge in [0.15, 0.2) is 0 Å². The van der Waals surface area contributed by atoms with Gasteiger partial charge in [-0.3, -0.25) is 15.6 Å². The van der Waals surface area contributed by atoms with E-state index in [4.69, 9.17) is 23.2 Å². The molecule has 20 heavy (non-hydrogen) atoms. The van der Waals surface area contributed by atoms with Crippen molar-refractivity contribution >= 4 is 34.8 Å². The van der Waals surface area contributed by atoms with Gasteiger partial charge in [0.2, 0.25) is 0 Å². The van der Waals surface area contributed by atoms with E-state index in [0.717, 1.165) is 12.1 Å². The van der Waals surface area contributed by atoms with Crippen molar-refractivity contribution in [2.24, 2.45) is 0 Å². The number of halogens is 4. The first-order valence-electron chi connectivity index (χ1n) is 5.44. The number of amides is 1. The quantitative estimate of drug-likeness (QED) is 0.839. The van der Waals surface area contributed by atoms with Gasteiger partial charge in [0.05, 0.1) is 21.3 Å². The second-order valence-electron chi connectivity index (χ2n) is 3.80. The first-order chi connectivity index (χ1) is 9.49. The number of rotatable bonds is 3. The zero-order valence-corrected chi connectivity index (χ0v) is 11.4. The highest BCUT2D eigenvalue weighted by Gasteiger charge is 2.13. The standard InChI is InChI=1S/C13H8Cl2F2N2O/c14-9-2-1-3-10(15)12(9)18-19-13(20)8-5-4-7(16)6-11(8)17/h1-6,18H,(H,19,20). The maximum atomic E-state index is 13.4. The lowest BCUT2D eigenvalue weighted by atomic mass is 10.2. The Bertz CT molecular complexity index is 645. The van der Waals surface area contributed by atoms with E-state index in [0.29, 0.717) is 6.07 Å². The van der Waals surface area contributed by atoms with Gasteiger partial charge in [-0.05, 0) is 24.3 Å². The van der Waals surface area contributed by atoms with E-state index in [9.17, 15) is 13.6 Å². The zero-order valence-electron chi connectivity index (χ0n) is 9.88. The van der Waals surface area contributed by atoms with Crippen molar-refractivity contribution in [2.45, 2.75) is 0 Å². The number of benzene rings is 2. The molecule has 0 aliphatic rings. The van der Waals surface area contributed by atoms with Crippen LogP contribution in [0.2, 0.25) is 10.0 Å². The van der Waals surface area contributed by atoms with Crippen LogP contribution in [0.3, 0.4) is 0 Å². The number of anilines is 1. The van der Waals surface area contributed by atoms with Gasteiger partial charge in [-0.15, -0.1) is 0 Å². The van der Waals surface area contributed by atoms with Gasteiger partial charge in [-0.2, -0.15) is 0 Å². The maximum Gasteiger partial charge on any atom is 0.272 e. The molecule has 0 aliphatic heterocycles. The predicted molar refractivity (Wildman–Crippen MR) is 73.9 cm³/mol. The van der Waals surface area contributed by atoms with E-state index in [1.54, 1.807) is 18.2 Å². The van der Waals surface area contributed by atoms with Crippen LogP contribution in [-0.2, 0) is 0 Å². The Morgan fingerprint density at radius 2 is 1.70 bits per heavy atom. The highest BCUT2D eigenvalue weighted by atomic mass is 35.5. The number of hydrazine groups is 1. The molecule has 2 rings (SSSR count). The summed E-state index contributed by atoms with van der Waals surface area (Å²) < 4.78 is 26.1. The van der Waals surface area contributed by atoms with Gasteiger partial charge < -0.3 is 0 Å². The number of carbonyl (C=O) groups is 1. The van der Waals surface area contributed by atoms with Gasteiger partial charge in [-0.25, -0.2) is 8.78 Å². The number of hydrogen-bond acceptors (Lipinski definition) is 2. The molecule has 0 atom stereocenters. The van der Waals surface area contributed by atoms with E-state index >= 15 is 0 Å². The summed E-state index contributed by atoms with van der Waals surface area (Å²) >= 11 is 11.8. The highest BCUT2D eigenvalue weighted by molar-refractivity contribution is 6.39. The van der Waals surface area contributed by atoms with Crippen molar-refractivity contribution < 1.29 is 13.6 Å². The molecule has 3 nitrogen and oxygen atoms in total. The summed E-state index contributed by atoms with van der Waals surface area (Å²) in [5, 5.41) is 0.578. The lowest BCUT2D eigenvalue weighted by Crippen LogP contribution is -2.30. The Morgan fingerprint density at radius 1 is 1.05 bits per heavy atom. The molecule has 104 valence electrons. The van der Waals surface area contributed by atoms with Gasteiger partial charge in [0.25, 0.3) is 5.91 Å². The smallest absolute Gasteiger partial charge is 0.272 e. The monoisotopic (exact) mass is 316 g/mol. The third kappa shape index (κ3) is 3.18. The summed E-state index contributed by atoms with van der Waals surface area (Å²) in [5.41, 5.74) is 4.71. The fourth-order valence-corrected chi connectivity index (χ4v) is 1.97. The Hall–Kier alpha value is -1.85. The van der Waals surface area contributed by atoms with Crippen molar-refractivity contribution in [1.82, 2.24) is 5.43 Å². The summed E-state index contributed by atoms with van der Waals surface area (Å²) in [4.78, 5) is 11.8. The molecule has 0 fully saturated rings. The number of para-hydroxylation sites is 1. The minimum atomic E-state index is -0.963. The molecule has 0 aromatic heterocycles. The van der Waals surface area contributed by atoms with Crippen LogP contribution in [0.1, 0.15) is 10.4 Å². The van der Waals surface area contributed by atoms with Crippen molar-refractivity contribution in [1.29, 1.82) is 0 Å². The molecule has 7 heteroatoms. The Balaban J connectivity index is 2.13. The average Bonchev–Trinajstić information content (AvgIpc) is 2.37. The topological polar surface area (TPSA) is 41.1 Å². The van der Waals surface area contributed by atoms with Crippen LogP contribution in [0.15, 0.2) is 36.4 Å². The van der Waals surface area contributed by atoms with Gasteiger partial charge in [0, 0.05) is 6.07 Å². The van der Waals surface area contributed by atoms with Crippen molar-refractivity contribution in [3.63, 3.8) is 0 Å². The molecule has 1 amide bonds. The third-order valence-corrected chi connectivity index (χ3v) is 3.07. The fraction of sp³-hybridized carbons (Fsp3) is 0. The summed E-state index contributed by atoms with van der Waals surface area (Å²) in [7, 11) is 0. The molecule has 0 aliphatic carbocycles. The Kier molecular flexibility index (Phi) is 4.42. The van der Waals surface area contributed by atoms with E-state index in [1.807, 2.05) is 0 Å². The van der Waals surface area contributed by atoms with Crippen LogP contribution in [-0.4, -0.2) is 5.91 Å². The summed E-state index contributed by atoms with van der Waals surface area (Å²) in [6.07, 6.45) is 0. The first-order valence-corrected chi connectivity index (χ1v) is 6.20. The molecule has 0 heterocycles. The van der Waals surface area contributed by atoms with Crippen LogP contribution in [0, 0.1) is 11.6 Å². The Labute approximate surface area is 123 Å². The molecular formula is C13H8Cl2F2N2O. The van der Waals surface area contributed by atoms with E-state index in [1.165, 1.54) is 0 Å². The molecule has 0 spiro atoms. The lowest BCUT2D eigenvalue weighted by Gasteiger charge is -2.11. The third-order valence-electron chi connectivity index (χ3n) is 2.44. The summed E-state index contributed by atoms with van der Waals surface area (Å²) in [6.45, 7) is 0. The Morgan fingerprint density at radius 3 is 2.30 bits per heavy atom. The van der Waals surface area contributed by atoms with Crippen LogP contribution >= 0.6 is 23.2 Å². The SMILES string of the molecule is O=C(NNc1c(Cl)cccc1Cl)c1ccc(F)cc1F. The average molecular weight is 317 g/mol. The van der Waals surface area contributed by atoms with Crippen LogP contribution < -0.4 is 10.9 Å². The largest absolute Gasteiger partial charge is 0.295 e. The summed E-state index contributed by atoms with van der Waals surface area (Å²) in [5.74, 6) is -2.51. The van der Waals surface area contributed by atoms with E-state index < -0.39 is 17.5 Å². The highest BCUT2D eigenvalue weighted by Crippen LogP contribution is 2.29. The molecule has 0 saturated carbocycles.